The van der Waals surface area contributed by atoms with E-state index in [0.29, 0.717) is 11.8 Å². The Balaban J connectivity index is 0.933. The van der Waals surface area contributed by atoms with Crippen LogP contribution in [0.5, 0.6) is 0 Å². The first-order valence-corrected chi connectivity index (χ1v) is 23.5. The lowest BCUT2D eigenvalue weighted by Crippen LogP contribution is -2.31. The number of amidine groups is 1. The van der Waals surface area contributed by atoms with Crippen molar-refractivity contribution in [3.63, 3.8) is 0 Å². The van der Waals surface area contributed by atoms with Gasteiger partial charge in [0.1, 0.15) is 5.84 Å². The molecule has 3 heterocycles. The van der Waals surface area contributed by atoms with E-state index < -0.39 is 0 Å². The lowest BCUT2D eigenvalue weighted by atomic mass is 9.84. The standard InChI is InChI=1S/C61H47N3S/c1-39-14-6-8-21-49(39)43-28-30-44(31-29-43)54-38-55(63-61(62-54)45-32-26-41(27-33-45)40-15-4-3-5-16-40)48-20-12-19-46(36-48)47-34-35-56-53(37-47)58-52-23-10-11-25-57(52)65-60(58)59(64(56)2)51-24-13-18-42-17-7-9-22-50(42)51/h3-39,49,54,59H,1-2H3,(H,62,63). The van der Waals surface area contributed by atoms with Crippen LogP contribution in [-0.2, 0) is 0 Å². The summed E-state index contributed by atoms with van der Waals surface area (Å²) in [5.74, 6) is 1.71. The fourth-order valence-corrected chi connectivity index (χ4v) is 11.7. The summed E-state index contributed by atoms with van der Waals surface area (Å²) in [6, 6.07) is 69.0. The van der Waals surface area contributed by atoms with E-state index in [-0.39, 0.29) is 12.1 Å². The molecule has 2 aliphatic heterocycles. The van der Waals surface area contributed by atoms with E-state index in [1.54, 1.807) is 0 Å². The molecule has 9 aromatic rings. The molecule has 0 amide bonds. The topological polar surface area (TPSA) is 27.6 Å². The van der Waals surface area contributed by atoms with Gasteiger partial charge in [0.05, 0.1) is 17.8 Å². The van der Waals surface area contributed by atoms with Gasteiger partial charge in [0.15, 0.2) is 0 Å². The highest BCUT2D eigenvalue weighted by atomic mass is 32.1. The van der Waals surface area contributed by atoms with E-state index in [9.17, 15) is 0 Å². The number of aliphatic imine (C=N–C) groups is 1. The normalized spacial score (nSPS) is 18.8. The number of allylic oxidation sites excluding steroid dienone is 4. The molecule has 4 unspecified atom stereocenters. The van der Waals surface area contributed by atoms with Crippen LogP contribution < -0.4 is 10.2 Å². The van der Waals surface area contributed by atoms with Crippen LogP contribution in [0.3, 0.4) is 0 Å². The first kappa shape index (κ1) is 39.1. The Labute approximate surface area is 385 Å². The number of thiophene rings is 1. The molecule has 12 rings (SSSR count). The third-order valence-electron chi connectivity index (χ3n) is 13.7. The van der Waals surface area contributed by atoms with Crippen LogP contribution in [0.25, 0.3) is 59.9 Å². The van der Waals surface area contributed by atoms with E-state index in [1.165, 1.54) is 81.5 Å². The van der Waals surface area contributed by atoms with Crippen molar-refractivity contribution in [1.82, 2.24) is 5.32 Å². The molecule has 312 valence electrons. The number of benzene rings is 8. The molecule has 0 saturated heterocycles. The van der Waals surface area contributed by atoms with Crippen LogP contribution in [0, 0.1) is 5.92 Å². The molecule has 3 nitrogen and oxygen atoms in total. The molecule has 0 bridgehead atoms. The van der Waals surface area contributed by atoms with Gasteiger partial charge in [-0.15, -0.1) is 11.3 Å². The van der Waals surface area contributed by atoms with Crippen molar-refractivity contribution >= 4 is 49.4 Å². The number of hydrogen-bond acceptors (Lipinski definition) is 4. The Kier molecular flexibility index (Phi) is 9.76. The summed E-state index contributed by atoms with van der Waals surface area (Å²) >= 11 is 1.93. The highest BCUT2D eigenvalue weighted by Crippen LogP contribution is 2.54. The van der Waals surface area contributed by atoms with E-state index in [4.69, 9.17) is 4.99 Å². The van der Waals surface area contributed by atoms with E-state index >= 15 is 0 Å². The van der Waals surface area contributed by atoms with Crippen molar-refractivity contribution in [2.75, 3.05) is 11.9 Å². The molecule has 0 fully saturated rings. The number of nitrogens with one attached hydrogen (secondary N) is 1. The Bertz CT molecular complexity index is 3380. The van der Waals surface area contributed by atoms with Gasteiger partial charge >= 0.3 is 0 Å². The van der Waals surface area contributed by atoms with Gasteiger partial charge in [-0.1, -0.05) is 195 Å². The lowest BCUT2D eigenvalue weighted by Gasteiger charge is -2.37. The molecule has 0 spiro atoms. The van der Waals surface area contributed by atoms with Gasteiger partial charge < -0.3 is 10.2 Å². The minimum atomic E-state index is -0.0671. The first-order valence-electron chi connectivity index (χ1n) is 22.7. The monoisotopic (exact) mass is 853 g/mol. The van der Waals surface area contributed by atoms with Crippen LogP contribution in [0.1, 0.15) is 57.6 Å². The zero-order valence-corrected chi connectivity index (χ0v) is 37.2. The van der Waals surface area contributed by atoms with Crippen molar-refractivity contribution in [1.29, 1.82) is 0 Å². The van der Waals surface area contributed by atoms with Gasteiger partial charge in [-0.2, -0.15) is 0 Å². The fourth-order valence-electron chi connectivity index (χ4n) is 10.3. The molecule has 0 saturated carbocycles. The molecule has 4 atom stereocenters. The van der Waals surface area contributed by atoms with E-state index in [0.717, 1.165) is 22.7 Å². The maximum absolute atomic E-state index is 5.38. The average Bonchev–Trinajstić information content (AvgIpc) is 3.76. The molecule has 8 aromatic carbocycles. The Hall–Kier alpha value is -7.53. The van der Waals surface area contributed by atoms with Crippen molar-refractivity contribution in [3.8, 4) is 33.4 Å². The fraction of sp³-hybridized carbons (Fsp3) is 0.0984. The zero-order chi connectivity index (χ0) is 43.4. The summed E-state index contributed by atoms with van der Waals surface area (Å²) in [5, 5.41) is 7.72. The zero-order valence-electron chi connectivity index (χ0n) is 36.4. The maximum Gasteiger partial charge on any atom is 0.134 e. The molecule has 3 aliphatic rings. The molecule has 4 heteroatoms. The second-order valence-electron chi connectivity index (χ2n) is 17.6. The predicted octanol–water partition coefficient (Wildman–Crippen LogP) is 15.6. The Morgan fingerprint density at radius 3 is 2.05 bits per heavy atom. The van der Waals surface area contributed by atoms with Crippen molar-refractivity contribution < 1.29 is 0 Å². The molecule has 1 aliphatic carbocycles. The summed E-state index contributed by atoms with van der Waals surface area (Å²) in [6.07, 6.45) is 11.2. The van der Waals surface area contributed by atoms with Gasteiger partial charge in [-0.25, -0.2) is 4.99 Å². The molecule has 0 radical (unpaired) electrons. The maximum atomic E-state index is 5.38. The third kappa shape index (κ3) is 7.02. The highest BCUT2D eigenvalue weighted by molar-refractivity contribution is 7.19. The molecular weight excluding hydrogens is 807 g/mol. The van der Waals surface area contributed by atoms with E-state index in [1.807, 2.05) is 11.3 Å². The summed E-state index contributed by atoms with van der Waals surface area (Å²) in [4.78, 5) is 9.26. The van der Waals surface area contributed by atoms with Gasteiger partial charge in [0, 0.05) is 55.9 Å². The smallest absolute Gasteiger partial charge is 0.134 e. The largest absolute Gasteiger partial charge is 0.362 e. The van der Waals surface area contributed by atoms with Gasteiger partial charge in [0.2, 0.25) is 0 Å². The average molecular weight is 854 g/mol. The van der Waals surface area contributed by atoms with Crippen LogP contribution in [0.2, 0.25) is 0 Å². The van der Waals surface area contributed by atoms with Crippen molar-refractivity contribution in [3.05, 3.63) is 251 Å². The SMILES string of the molecule is CC1C=CC=CC1c1ccc(C2C=C(c3cccc(-c4ccc5c(c4)-c4c(sc6ccccc46)C(c4cccc6ccccc46)N5C)c3)N=C(c3ccc(-c4ccccc4)cc3)N2)cc1. The summed E-state index contributed by atoms with van der Waals surface area (Å²) < 4.78 is 1.32. The molecular formula is C61H47N3S. The van der Waals surface area contributed by atoms with Crippen LogP contribution in [0.4, 0.5) is 5.69 Å². The predicted molar refractivity (Wildman–Crippen MR) is 276 cm³/mol. The minimum Gasteiger partial charge on any atom is -0.362 e. The van der Waals surface area contributed by atoms with Crippen molar-refractivity contribution in [2.45, 2.75) is 24.9 Å². The van der Waals surface area contributed by atoms with Gasteiger partial charge in [-0.3, -0.25) is 0 Å². The first-order chi connectivity index (χ1) is 32.0. The Morgan fingerprint density at radius 1 is 0.554 bits per heavy atom. The number of rotatable bonds is 7. The summed E-state index contributed by atoms with van der Waals surface area (Å²) in [6.45, 7) is 2.29. The second kappa shape index (κ2) is 16.2. The lowest BCUT2D eigenvalue weighted by molar-refractivity contribution is 0.634. The minimum absolute atomic E-state index is 0.0671. The van der Waals surface area contributed by atoms with Crippen molar-refractivity contribution in [2.24, 2.45) is 10.9 Å². The highest BCUT2D eigenvalue weighted by Gasteiger charge is 2.34. The summed E-state index contributed by atoms with van der Waals surface area (Å²) in [7, 11) is 2.27. The molecule has 65 heavy (non-hydrogen) atoms. The quantitative estimate of drug-likeness (QED) is 0.173. The molecule has 1 aromatic heterocycles. The van der Waals surface area contributed by atoms with E-state index in [2.05, 4.69) is 243 Å². The number of nitrogens with zero attached hydrogens (tertiary/aromatic N) is 2. The number of anilines is 1. The number of fused-ring (bicyclic) bond motifs is 6. The third-order valence-corrected chi connectivity index (χ3v) is 14.9. The van der Waals surface area contributed by atoms with Crippen LogP contribution in [-0.4, -0.2) is 12.9 Å². The van der Waals surface area contributed by atoms with Gasteiger partial charge in [-0.05, 0) is 86.0 Å². The van der Waals surface area contributed by atoms with Crippen LogP contribution in [0.15, 0.2) is 223 Å². The second-order valence-corrected chi connectivity index (χ2v) is 18.7. The number of hydrogen-bond donors (Lipinski definition) is 1. The van der Waals surface area contributed by atoms with Crippen LogP contribution >= 0.6 is 11.3 Å². The summed E-state index contributed by atoms with van der Waals surface area (Å²) in [5.41, 5.74) is 15.6. The Morgan fingerprint density at radius 2 is 1.20 bits per heavy atom. The molecule has 1 N–H and O–H groups in total. The van der Waals surface area contributed by atoms with Gasteiger partial charge in [0.25, 0.3) is 0 Å².